The van der Waals surface area contributed by atoms with E-state index in [0.717, 1.165) is 52.2 Å². The molecule has 4 heterocycles. The summed E-state index contributed by atoms with van der Waals surface area (Å²) in [6, 6.07) is 8.26. The quantitative estimate of drug-likeness (QED) is 0.599. The van der Waals surface area contributed by atoms with Crippen LogP contribution in [0.1, 0.15) is 6.92 Å². The first-order valence-corrected chi connectivity index (χ1v) is 8.31. The van der Waals surface area contributed by atoms with Crippen LogP contribution in [-0.2, 0) is 4.74 Å². The van der Waals surface area contributed by atoms with E-state index in [-0.39, 0.29) is 5.41 Å². The van der Waals surface area contributed by atoms with Gasteiger partial charge in [-0.05, 0) is 23.8 Å². The van der Waals surface area contributed by atoms with Gasteiger partial charge in [-0.1, -0.05) is 13.0 Å². The first kappa shape index (κ1) is 14.5. The summed E-state index contributed by atoms with van der Waals surface area (Å²) in [5, 5.41) is 1.04. The summed E-state index contributed by atoms with van der Waals surface area (Å²) in [5.74, 6) is 0.780. The van der Waals surface area contributed by atoms with Crippen molar-refractivity contribution in [2.45, 2.75) is 6.92 Å². The molecule has 0 spiro atoms. The van der Waals surface area contributed by atoms with Crippen molar-refractivity contribution >= 4 is 22.1 Å². The molecule has 0 amide bonds. The van der Waals surface area contributed by atoms with Crippen molar-refractivity contribution in [1.82, 2.24) is 19.9 Å². The Morgan fingerprint density at radius 2 is 2.12 bits per heavy atom. The monoisotopic (exact) mass is 334 g/mol. The molecule has 0 aliphatic carbocycles. The molecule has 1 aromatic carbocycles. The van der Waals surface area contributed by atoms with Crippen molar-refractivity contribution in [3.8, 4) is 16.9 Å². The Kier molecular flexibility index (Phi) is 3.08. The first-order valence-electron chi connectivity index (χ1n) is 8.31. The number of rotatable bonds is 4. The third-order valence-electron chi connectivity index (χ3n) is 4.73. The second-order valence-electron chi connectivity index (χ2n) is 7.00. The number of hydrogen-bond acceptors (Lipinski definition) is 4. The average molecular weight is 334 g/mol. The minimum Gasteiger partial charge on any atom is -0.491 e. The molecule has 0 atom stereocenters. The molecule has 25 heavy (non-hydrogen) atoms. The predicted molar refractivity (Wildman–Crippen MR) is 95.6 cm³/mol. The van der Waals surface area contributed by atoms with Gasteiger partial charge in [0.15, 0.2) is 0 Å². The molecular formula is C19H18N4O2. The number of fused-ring (bicyclic) bond motifs is 2. The van der Waals surface area contributed by atoms with E-state index in [1.165, 1.54) is 0 Å². The lowest BCUT2D eigenvalue weighted by atomic mass is 9.90. The minimum atomic E-state index is 0.112. The van der Waals surface area contributed by atoms with Crippen molar-refractivity contribution in [1.29, 1.82) is 0 Å². The van der Waals surface area contributed by atoms with E-state index in [4.69, 9.17) is 9.47 Å². The number of aromatic nitrogens is 4. The van der Waals surface area contributed by atoms with Crippen LogP contribution in [0.15, 0.2) is 43.0 Å². The zero-order chi connectivity index (χ0) is 16.9. The van der Waals surface area contributed by atoms with Crippen molar-refractivity contribution in [2.75, 3.05) is 19.8 Å². The van der Waals surface area contributed by atoms with Gasteiger partial charge in [-0.3, -0.25) is 0 Å². The van der Waals surface area contributed by atoms with Crippen molar-refractivity contribution in [3.63, 3.8) is 0 Å². The summed E-state index contributed by atoms with van der Waals surface area (Å²) in [6.45, 7) is 4.31. The molecule has 2 N–H and O–H groups in total. The summed E-state index contributed by atoms with van der Waals surface area (Å²) in [4.78, 5) is 15.2. The maximum Gasteiger partial charge on any atom is 0.138 e. The van der Waals surface area contributed by atoms with Gasteiger partial charge in [-0.15, -0.1) is 0 Å². The third-order valence-corrected chi connectivity index (χ3v) is 4.73. The van der Waals surface area contributed by atoms with Gasteiger partial charge < -0.3 is 19.4 Å². The molecule has 5 rings (SSSR count). The molecule has 1 saturated heterocycles. The molecule has 3 aromatic heterocycles. The molecule has 1 aliphatic rings. The second kappa shape index (κ2) is 5.32. The van der Waals surface area contributed by atoms with Crippen LogP contribution in [0, 0.1) is 5.41 Å². The second-order valence-corrected chi connectivity index (χ2v) is 7.00. The predicted octanol–water partition coefficient (Wildman–Crippen LogP) is 3.52. The van der Waals surface area contributed by atoms with Gasteiger partial charge in [0.2, 0.25) is 0 Å². The van der Waals surface area contributed by atoms with Crippen LogP contribution in [-0.4, -0.2) is 39.8 Å². The summed E-state index contributed by atoms with van der Waals surface area (Å²) in [7, 11) is 0. The van der Waals surface area contributed by atoms with Gasteiger partial charge in [-0.25, -0.2) is 9.97 Å². The van der Waals surface area contributed by atoms with Gasteiger partial charge in [0.1, 0.15) is 11.4 Å². The van der Waals surface area contributed by atoms with E-state index in [2.05, 4.69) is 39.0 Å². The topological polar surface area (TPSA) is 75.8 Å². The summed E-state index contributed by atoms with van der Waals surface area (Å²) in [6.07, 6.45) is 5.46. The summed E-state index contributed by atoms with van der Waals surface area (Å²) < 4.78 is 11.2. The fraction of sp³-hybridized carbons (Fsp3) is 0.263. The van der Waals surface area contributed by atoms with E-state index in [1.54, 1.807) is 12.5 Å². The van der Waals surface area contributed by atoms with Gasteiger partial charge >= 0.3 is 0 Å². The number of nitrogens with zero attached hydrogens (tertiary/aromatic N) is 2. The van der Waals surface area contributed by atoms with E-state index < -0.39 is 0 Å². The highest BCUT2D eigenvalue weighted by atomic mass is 16.5. The fourth-order valence-corrected chi connectivity index (χ4v) is 3.19. The molecular weight excluding hydrogens is 316 g/mol. The lowest BCUT2D eigenvalue weighted by Gasteiger charge is -2.37. The fourth-order valence-electron chi connectivity index (χ4n) is 3.19. The Bertz CT molecular complexity index is 1060. The molecule has 0 bridgehead atoms. The van der Waals surface area contributed by atoms with Gasteiger partial charge in [0.05, 0.1) is 43.4 Å². The SMILES string of the molecule is CC1(COc2cnc3[nH]cc(-c4ccc5[nH]cnc5c4)c3c2)COC1. The standard InChI is InChI=1S/C19H18N4O2/c1-19(8-24-9-19)10-25-13-5-14-15(7-21-18(14)20-6-13)12-2-3-16-17(4-12)23-11-22-16/h2-7,11H,8-10H2,1H3,(H,20,21)(H,22,23). The molecule has 1 aliphatic heterocycles. The molecule has 6 nitrogen and oxygen atoms in total. The largest absolute Gasteiger partial charge is 0.491 e. The van der Waals surface area contributed by atoms with Crippen LogP contribution >= 0.6 is 0 Å². The van der Waals surface area contributed by atoms with Gasteiger partial charge in [0, 0.05) is 22.6 Å². The maximum absolute atomic E-state index is 5.97. The van der Waals surface area contributed by atoms with Gasteiger partial charge in [-0.2, -0.15) is 0 Å². The van der Waals surface area contributed by atoms with E-state index in [1.807, 2.05) is 18.3 Å². The lowest BCUT2D eigenvalue weighted by Crippen LogP contribution is -2.44. The van der Waals surface area contributed by atoms with Crippen LogP contribution in [0.5, 0.6) is 5.75 Å². The minimum absolute atomic E-state index is 0.112. The van der Waals surface area contributed by atoms with E-state index >= 15 is 0 Å². The number of nitrogens with one attached hydrogen (secondary N) is 2. The Morgan fingerprint density at radius 3 is 2.96 bits per heavy atom. The third kappa shape index (κ3) is 2.46. The number of hydrogen-bond donors (Lipinski definition) is 2. The van der Waals surface area contributed by atoms with E-state index in [9.17, 15) is 0 Å². The Hall–Kier alpha value is -2.86. The van der Waals surface area contributed by atoms with Crippen LogP contribution < -0.4 is 4.74 Å². The van der Waals surface area contributed by atoms with Crippen LogP contribution in [0.3, 0.4) is 0 Å². The summed E-state index contributed by atoms with van der Waals surface area (Å²) >= 11 is 0. The zero-order valence-electron chi connectivity index (χ0n) is 13.9. The highest BCUT2D eigenvalue weighted by Crippen LogP contribution is 2.32. The van der Waals surface area contributed by atoms with E-state index in [0.29, 0.717) is 6.61 Å². The lowest BCUT2D eigenvalue weighted by molar-refractivity contribution is -0.120. The van der Waals surface area contributed by atoms with Crippen molar-refractivity contribution in [2.24, 2.45) is 5.41 Å². The normalized spacial score (nSPS) is 16.2. The van der Waals surface area contributed by atoms with Crippen molar-refractivity contribution < 1.29 is 9.47 Å². The molecule has 0 saturated carbocycles. The number of pyridine rings is 1. The first-order chi connectivity index (χ1) is 12.2. The number of benzene rings is 1. The Labute approximate surface area is 144 Å². The highest BCUT2D eigenvalue weighted by molar-refractivity contribution is 5.96. The number of ether oxygens (including phenoxy) is 2. The van der Waals surface area contributed by atoms with Crippen molar-refractivity contribution in [3.05, 3.63) is 43.0 Å². The average Bonchev–Trinajstić information content (AvgIpc) is 3.23. The molecule has 6 heteroatoms. The molecule has 0 unspecified atom stereocenters. The van der Waals surface area contributed by atoms with Crippen LogP contribution in [0.4, 0.5) is 0 Å². The smallest absolute Gasteiger partial charge is 0.138 e. The zero-order valence-corrected chi connectivity index (χ0v) is 13.9. The highest BCUT2D eigenvalue weighted by Gasteiger charge is 2.34. The summed E-state index contributed by atoms with van der Waals surface area (Å²) in [5.41, 5.74) is 5.13. The van der Waals surface area contributed by atoms with Crippen LogP contribution in [0.25, 0.3) is 33.2 Å². The molecule has 126 valence electrons. The number of H-pyrrole nitrogens is 2. The Morgan fingerprint density at radius 1 is 1.20 bits per heavy atom. The maximum atomic E-state index is 5.97. The Balaban J connectivity index is 1.51. The van der Waals surface area contributed by atoms with Crippen LogP contribution in [0.2, 0.25) is 0 Å². The molecule has 4 aromatic rings. The number of imidazole rings is 1. The molecule has 1 fully saturated rings. The van der Waals surface area contributed by atoms with Gasteiger partial charge in [0.25, 0.3) is 0 Å². The molecule has 0 radical (unpaired) electrons. The number of aromatic amines is 2.